The molecule has 2 atom stereocenters. The molecular formula is C19H23ClN2S. The van der Waals surface area contributed by atoms with Gasteiger partial charge in [-0.05, 0) is 54.7 Å². The minimum atomic E-state index is 0.128. The van der Waals surface area contributed by atoms with Crippen molar-refractivity contribution < 1.29 is 0 Å². The second-order valence-corrected chi connectivity index (χ2v) is 6.59. The van der Waals surface area contributed by atoms with Crippen molar-refractivity contribution in [2.45, 2.75) is 39.2 Å². The van der Waals surface area contributed by atoms with Crippen molar-refractivity contribution >= 4 is 34.6 Å². The molecule has 2 aromatic carbocycles. The van der Waals surface area contributed by atoms with Crippen LogP contribution in [0.25, 0.3) is 0 Å². The number of hydrogen-bond donors (Lipinski definition) is 2. The predicted molar refractivity (Wildman–Crippen MR) is 104 cm³/mol. The van der Waals surface area contributed by atoms with Gasteiger partial charge in [-0.15, -0.1) is 0 Å². The van der Waals surface area contributed by atoms with E-state index >= 15 is 0 Å². The fourth-order valence-electron chi connectivity index (χ4n) is 2.35. The Labute approximate surface area is 149 Å². The number of rotatable bonds is 5. The van der Waals surface area contributed by atoms with Crippen LogP contribution in [0.15, 0.2) is 48.5 Å². The zero-order valence-corrected chi connectivity index (χ0v) is 15.3. The summed E-state index contributed by atoms with van der Waals surface area (Å²) in [5, 5.41) is 7.66. The second-order valence-electron chi connectivity index (χ2n) is 5.78. The first-order valence-corrected chi connectivity index (χ1v) is 8.71. The van der Waals surface area contributed by atoms with Gasteiger partial charge in [0.2, 0.25) is 0 Å². The van der Waals surface area contributed by atoms with Crippen LogP contribution in [0.5, 0.6) is 0 Å². The van der Waals surface area contributed by atoms with Gasteiger partial charge in [0.25, 0.3) is 0 Å². The Morgan fingerprint density at radius 2 is 1.65 bits per heavy atom. The van der Waals surface area contributed by atoms with Crippen molar-refractivity contribution in [1.29, 1.82) is 0 Å². The van der Waals surface area contributed by atoms with E-state index in [4.69, 9.17) is 23.8 Å². The summed E-state index contributed by atoms with van der Waals surface area (Å²) in [4.78, 5) is 0. The number of nitrogens with one attached hydrogen (secondary N) is 2. The van der Waals surface area contributed by atoms with Crippen LogP contribution in [-0.4, -0.2) is 5.11 Å². The van der Waals surface area contributed by atoms with E-state index in [9.17, 15) is 0 Å². The molecule has 2 rings (SSSR count). The maximum atomic E-state index is 6.13. The third kappa shape index (κ3) is 4.95. The van der Waals surface area contributed by atoms with E-state index in [0.29, 0.717) is 16.1 Å². The Balaban J connectivity index is 1.97. The molecule has 23 heavy (non-hydrogen) atoms. The topological polar surface area (TPSA) is 24.1 Å². The highest BCUT2D eigenvalue weighted by atomic mass is 35.5. The first kappa shape index (κ1) is 17.8. The number of thiocarbonyl (C=S) groups is 1. The van der Waals surface area contributed by atoms with Gasteiger partial charge >= 0.3 is 0 Å². The summed E-state index contributed by atoms with van der Waals surface area (Å²) >= 11 is 11.5. The van der Waals surface area contributed by atoms with Gasteiger partial charge in [-0.1, -0.05) is 61.8 Å². The van der Waals surface area contributed by atoms with Gasteiger partial charge in [-0.25, -0.2) is 0 Å². The van der Waals surface area contributed by atoms with Crippen LogP contribution in [0.3, 0.4) is 0 Å². The van der Waals surface area contributed by atoms with E-state index in [0.717, 1.165) is 12.1 Å². The quantitative estimate of drug-likeness (QED) is 0.659. The Kier molecular flexibility index (Phi) is 6.43. The van der Waals surface area contributed by atoms with Crippen LogP contribution in [0.2, 0.25) is 5.02 Å². The summed E-state index contributed by atoms with van der Waals surface area (Å²) in [6.45, 7) is 6.56. The molecule has 0 amide bonds. The summed E-state index contributed by atoms with van der Waals surface area (Å²) in [7, 11) is 0. The lowest BCUT2D eigenvalue weighted by Crippen LogP contribution is -2.31. The fraction of sp³-hybridized carbons (Fsp3) is 0.316. The third-order valence-electron chi connectivity index (χ3n) is 4.09. The predicted octanol–water partition coefficient (Wildman–Crippen LogP) is 5.90. The molecule has 0 aromatic heterocycles. The fourth-order valence-corrected chi connectivity index (χ4v) is 2.82. The van der Waals surface area contributed by atoms with Crippen LogP contribution in [0.1, 0.15) is 50.3 Å². The monoisotopic (exact) mass is 346 g/mol. The largest absolute Gasteiger partial charge is 0.356 e. The van der Waals surface area contributed by atoms with E-state index in [1.165, 1.54) is 11.1 Å². The molecular weight excluding hydrogens is 324 g/mol. The first-order valence-electron chi connectivity index (χ1n) is 7.93. The Morgan fingerprint density at radius 1 is 1.04 bits per heavy atom. The number of benzene rings is 2. The normalized spacial score (nSPS) is 13.2. The van der Waals surface area contributed by atoms with Crippen LogP contribution in [-0.2, 0) is 0 Å². The van der Waals surface area contributed by atoms with E-state index < -0.39 is 0 Å². The molecule has 0 radical (unpaired) electrons. The lowest BCUT2D eigenvalue weighted by molar-refractivity contribution is 0.713. The summed E-state index contributed by atoms with van der Waals surface area (Å²) in [6.07, 6.45) is 1.15. The van der Waals surface area contributed by atoms with Crippen LogP contribution in [0.4, 0.5) is 5.69 Å². The number of anilines is 1. The maximum absolute atomic E-state index is 6.13. The van der Waals surface area contributed by atoms with Gasteiger partial charge in [-0.2, -0.15) is 0 Å². The highest BCUT2D eigenvalue weighted by Crippen LogP contribution is 2.22. The lowest BCUT2D eigenvalue weighted by Gasteiger charge is -2.19. The molecule has 0 aliphatic carbocycles. The van der Waals surface area contributed by atoms with E-state index in [1.807, 2.05) is 24.3 Å². The summed E-state index contributed by atoms with van der Waals surface area (Å²) < 4.78 is 0. The van der Waals surface area contributed by atoms with Crippen LogP contribution >= 0.6 is 23.8 Å². The van der Waals surface area contributed by atoms with Gasteiger partial charge in [0.05, 0.1) is 16.8 Å². The molecule has 0 bridgehead atoms. The molecule has 0 saturated carbocycles. The van der Waals surface area contributed by atoms with Gasteiger partial charge in [0.1, 0.15) is 0 Å². The van der Waals surface area contributed by atoms with Crippen molar-refractivity contribution in [2.75, 3.05) is 5.32 Å². The molecule has 122 valence electrons. The molecule has 0 saturated heterocycles. The van der Waals surface area contributed by atoms with Crippen molar-refractivity contribution in [3.8, 4) is 0 Å². The molecule has 0 heterocycles. The number of hydrogen-bond acceptors (Lipinski definition) is 1. The Hall–Kier alpha value is -1.58. The number of halogens is 1. The van der Waals surface area contributed by atoms with Crippen LogP contribution < -0.4 is 10.6 Å². The highest BCUT2D eigenvalue weighted by molar-refractivity contribution is 7.80. The third-order valence-corrected chi connectivity index (χ3v) is 4.64. The lowest BCUT2D eigenvalue weighted by atomic mass is 9.96. The summed E-state index contributed by atoms with van der Waals surface area (Å²) in [6, 6.07) is 16.4. The molecule has 2 N–H and O–H groups in total. The van der Waals surface area contributed by atoms with Crippen molar-refractivity contribution in [2.24, 2.45) is 0 Å². The molecule has 0 aliphatic rings. The Bertz CT molecular complexity index is 655. The zero-order chi connectivity index (χ0) is 16.8. The summed E-state index contributed by atoms with van der Waals surface area (Å²) in [5.41, 5.74) is 3.39. The SMILES string of the molecule is CCC(C)c1ccc(C(C)NC(=S)Nc2ccccc2Cl)cc1. The highest BCUT2D eigenvalue weighted by Gasteiger charge is 2.09. The van der Waals surface area contributed by atoms with E-state index in [2.05, 4.69) is 55.7 Å². The molecule has 0 aliphatic heterocycles. The van der Waals surface area contributed by atoms with E-state index in [-0.39, 0.29) is 6.04 Å². The van der Waals surface area contributed by atoms with Crippen LogP contribution in [0, 0.1) is 0 Å². The second kappa shape index (κ2) is 8.32. The van der Waals surface area contributed by atoms with Gasteiger partial charge in [-0.3, -0.25) is 0 Å². The zero-order valence-electron chi connectivity index (χ0n) is 13.8. The molecule has 0 fully saturated rings. The molecule has 0 spiro atoms. The van der Waals surface area contributed by atoms with Gasteiger partial charge in [0, 0.05) is 0 Å². The average Bonchev–Trinajstić information content (AvgIpc) is 2.56. The van der Waals surface area contributed by atoms with Crippen molar-refractivity contribution in [3.63, 3.8) is 0 Å². The molecule has 2 aromatic rings. The maximum Gasteiger partial charge on any atom is 0.171 e. The molecule has 4 heteroatoms. The average molecular weight is 347 g/mol. The minimum Gasteiger partial charge on any atom is -0.356 e. The van der Waals surface area contributed by atoms with E-state index in [1.54, 1.807) is 0 Å². The van der Waals surface area contributed by atoms with Crippen molar-refractivity contribution in [1.82, 2.24) is 5.32 Å². The van der Waals surface area contributed by atoms with Gasteiger partial charge < -0.3 is 10.6 Å². The van der Waals surface area contributed by atoms with Gasteiger partial charge in [0.15, 0.2) is 5.11 Å². The number of para-hydroxylation sites is 1. The standard InChI is InChI=1S/C19H23ClN2S/c1-4-13(2)15-9-11-16(12-10-15)14(3)21-19(23)22-18-8-6-5-7-17(18)20/h5-14H,4H2,1-3H3,(H2,21,22,23). The molecule has 2 unspecified atom stereocenters. The first-order chi connectivity index (χ1) is 11.0. The summed E-state index contributed by atoms with van der Waals surface area (Å²) in [5.74, 6) is 0.593. The van der Waals surface area contributed by atoms with Crippen molar-refractivity contribution in [3.05, 3.63) is 64.7 Å². The molecule has 2 nitrogen and oxygen atoms in total. The smallest absolute Gasteiger partial charge is 0.171 e. The Morgan fingerprint density at radius 3 is 2.26 bits per heavy atom. The minimum absolute atomic E-state index is 0.128.